The van der Waals surface area contributed by atoms with Crippen LogP contribution in [0.15, 0.2) is 116 Å². The molecule has 2 aliphatic rings. The van der Waals surface area contributed by atoms with Crippen molar-refractivity contribution >= 4 is 29.1 Å². The quantitative estimate of drug-likeness (QED) is 0.0621. The van der Waals surface area contributed by atoms with Gasteiger partial charge in [0, 0.05) is 76.5 Å². The number of nitrogen functional groups attached to an aromatic ring is 1. The number of amides is 2. The van der Waals surface area contributed by atoms with Gasteiger partial charge in [-0.25, -0.2) is 9.97 Å². The Morgan fingerprint density at radius 2 is 1.45 bits per heavy atom. The van der Waals surface area contributed by atoms with Crippen molar-refractivity contribution in [2.75, 3.05) is 48.7 Å². The minimum absolute atomic E-state index is 0.00241. The number of carbonyl (C=O) groups excluding carboxylic acids is 2. The van der Waals surface area contributed by atoms with Crippen LogP contribution in [0, 0.1) is 0 Å². The molecule has 1 aromatic heterocycles. The van der Waals surface area contributed by atoms with Crippen LogP contribution >= 0.6 is 0 Å². The lowest BCUT2D eigenvalue weighted by molar-refractivity contribution is -0.253. The van der Waals surface area contributed by atoms with Crippen molar-refractivity contribution in [2.24, 2.45) is 0 Å². The van der Waals surface area contributed by atoms with Gasteiger partial charge >= 0.3 is 0 Å². The lowest BCUT2D eigenvalue weighted by Crippen LogP contribution is -2.50. The molecule has 12 heteroatoms. The second-order valence-corrected chi connectivity index (χ2v) is 14.9. The van der Waals surface area contributed by atoms with E-state index in [-0.39, 0.29) is 30.6 Å². The highest BCUT2D eigenvalue weighted by molar-refractivity contribution is 5.93. The molecule has 2 aliphatic heterocycles. The van der Waals surface area contributed by atoms with Crippen molar-refractivity contribution in [2.45, 2.75) is 70.2 Å². The molecule has 0 radical (unpaired) electrons. The number of aliphatic hydroxyl groups excluding tert-OH is 1. The zero-order chi connectivity index (χ0) is 40.1. The first-order valence-electron chi connectivity index (χ1n) is 20.3. The maximum Gasteiger partial charge on any atom is 0.225 e. The van der Waals surface area contributed by atoms with Gasteiger partial charge in [0.15, 0.2) is 6.29 Å². The predicted molar refractivity (Wildman–Crippen MR) is 225 cm³/mol. The maximum absolute atomic E-state index is 12.8. The van der Waals surface area contributed by atoms with E-state index in [9.17, 15) is 14.7 Å². The second-order valence-electron chi connectivity index (χ2n) is 14.9. The normalized spacial score (nSPS) is 18.4. The number of nitrogens with two attached hydrogens (primary N) is 1. The molecule has 5 N–H and O–H groups in total. The van der Waals surface area contributed by atoms with Gasteiger partial charge in [0.2, 0.25) is 17.8 Å². The number of ether oxygens (including phenoxy) is 2. The summed E-state index contributed by atoms with van der Waals surface area (Å²) in [5, 5.41) is 15.6. The zero-order valence-electron chi connectivity index (χ0n) is 32.8. The fourth-order valence-electron chi connectivity index (χ4n) is 7.54. The summed E-state index contributed by atoms with van der Waals surface area (Å²) >= 11 is 0. The molecule has 302 valence electrons. The fourth-order valence-corrected chi connectivity index (χ4v) is 7.54. The van der Waals surface area contributed by atoms with Gasteiger partial charge in [-0.15, -0.1) is 0 Å². The van der Waals surface area contributed by atoms with E-state index in [4.69, 9.17) is 15.2 Å². The molecular weight excluding hydrogens is 731 g/mol. The van der Waals surface area contributed by atoms with Crippen molar-refractivity contribution in [1.29, 1.82) is 0 Å². The van der Waals surface area contributed by atoms with Crippen LogP contribution in [0.4, 0.5) is 17.3 Å². The minimum atomic E-state index is -0.555. The van der Waals surface area contributed by atoms with Crippen molar-refractivity contribution in [3.8, 4) is 11.1 Å². The Bertz CT molecular complexity index is 2080. The number of piperazine rings is 1. The van der Waals surface area contributed by atoms with Crippen LogP contribution in [0.1, 0.15) is 73.2 Å². The summed E-state index contributed by atoms with van der Waals surface area (Å²) in [6.07, 6.45) is 6.47. The van der Waals surface area contributed by atoms with Crippen molar-refractivity contribution in [3.63, 3.8) is 0 Å². The number of hydrogen-bond donors (Lipinski definition) is 4. The van der Waals surface area contributed by atoms with Gasteiger partial charge in [0.05, 0.1) is 30.2 Å². The number of aliphatic hydroxyl groups is 1. The third-order valence-corrected chi connectivity index (χ3v) is 10.8. The number of anilines is 3. The van der Waals surface area contributed by atoms with Gasteiger partial charge in [-0.3, -0.25) is 14.5 Å². The molecule has 4 aromatic carbocycles. The topological polar surface area (TPSA) is 155 Å². The van der Waals surface area contributed by atoms with Crippen LogP contribution in [0.2, 0.25) is 0 Å². The Morgan fingerprint density at radius 3 is 2.19 bits per heavy atom. The Hall–Kier alpha value is -5.66. The predicted octanol–water partition coefficient (Wildman–Crippen LogP) is 6.79. The summed E-state index contributed by atoms with van der Waals surface area (Å²) in [5.74, 6) is 0.676. The molecule has 2 amide bonds. The van der Waals surface area contributed by atoms with E-state index in [2.05, 4.69) is 60.7 Å². The summed E-state index contributed by atoms with van der Waals surface area (Å²) in [6.45, 7) is 4.68. The molecule has 7 rings (SSSR count). The highest BCUT2D eigenvalue weighted by atomic mass is 16.7. The smallest absolute Gasteiger partial charge is 0.225 e. The summed E-state index contributed by atoms with van der Waals surface area (Å²) in [5.41, 5.74) is 13.0. The number of unbranched alkanes of at least 4 members (excludes halogenated alkanes) is 2. The molecule has 58 heavy (non-hydrogen) atoms. The van der Waals surface area contributed by atoms with E-state index in [1.807, 2.05) is 60.7 Å². The van der Waals surface area contributed by atoms with Crippen LogP contribution in [0.5, 0.6) is 0 Å². The third-order valence-electron chi connectivity index (χ3n) is 10.8. The van der Waals surface area contributed by atoms with Crippen LogP contribution in [-0.2, 0) is 32.2 Å². The number of aromatic nitrogens is 2. The van der Waals surface area contributed by atoms with Gasteiger partial charge in [0.1, 0.15) is 0 Å². The Labute approximate surface area is 340 Å². The lowest BCUT2D eigenvalue weighted by Gasteiger charge is -2.40. The third kappa shape index (κ3) is 11.0. The molecule has 2 saturated heterocycles. The summed E-state index contributed by atoms with van der Waals surface area (Å²) in [7, 11) is 0. The van der Waals surface area contributed by atoms with Crippen LogP contribution < -0.4 is 21.3 Å². The van der Waals surface area contributed by atoms with Gasteiger partial charge in [0.25, 0.3) is 0 Å². The standard InChI is InChI=1S/C46H53N7O5/c47-40-11-6-7-12-41(40)51-44(56)14-3-1-2-13-43(55)50-30-37-9-4-5-10-39(37)34-19-21-36(22-20-34)45-57-38(29-42(58-45)35-17-15-33(32-54)16-18-35)31-52-25-27-53(28-26-52)46-48-23-8-24-49-46/h4-12,15-24,38,42,45,54H,1-3,13-14,25-32,47H2,(H,50,55)(H,51,56)/t38-,42+,45+/m0/s1. The van der Waals surface area contributed by atoms with Crippen molar-refractivity contribution in [3.05, 3.63) is 138 Å². The highest BCUT2D eigenvalue weighted by Crippen LogP contribution is 2.39. The Balaban J connectivity index is 0.930. The number of benzene rings is 4. The molecule has 0 spiro atoms. The molecule has 0 saturated carbocycles. The minimum Gasteiger partial charge on any atom is -0.397 e. The largest absolute Gasteiger partial charge is 0.397 e. The average molecular weight is 784 g/mol. The monoisotopic (exact) mass is 783 g/mol. The van der Waals surface area contributed by atoms with Gasteiger partial charge < -0.3 is 35.8 Å². The van der Waals surface area contributed by atoms with E-state index in [1.165, 1.54) is 0 Å². The molecule has 5 aromatic rings. The SMILES string of the molecule is Nc1ccccc1NC(=O)CCCCCC(=O)NCc1ccccc1-c1ccc([C@@H]2O[C@H](CN3CCN(c4ncccn4)CC3)C[C@H](c3ccc(CO)cc3)O2)cc1. The summed E-state index contributed by atoms with van der Waals surface area (Å²) in [4.78, 5) is 38.6. The van der Waals surface area contributed by atoms with Crippen LogP contribution in [-0.4, -0.2) is 70.6 Å². The molecular formula is C46H53N7O5. The zero-order valence-corrected chi connectivity index (χ0v) is 32.8. The number of hydrogen-bond acceptors (Lipinski definition) is 10. The average Bonchev–Trinajstić information content (AvgIpc) is 3.27. The number of rotatable bonds is 16. The van der Waals surface area contributed by atoms with E-state index in [0.717, 1.165) is 84.9 Å². The molecule has 3 heterocycles. The van der Waals surface area contributed by atoms with Gasteiger partial charge in [-0.1, -0.05) is 91.3 Å². The van der Waals surface area contributed by atoms with E-state index < -0.39 is 6.29 Å². The maximum atomic E-state index is 12.8. The molecule has 0 unspecified atom stereocenters. The number of carbonyl (C=O) groups is 2. The molecule has 0 aliphatic carbocycles. The number of nitrogens with zero attached hydrogens (tertiary/aromatic N) is 4. The van der Waals surface area contributed by atoms with Gasteiger partial charge in [-0.05, 0) is 58.9 Å². The highest BCUT2D eigenvalue weighted by Gasteiger charge is 2.34. The van der Waals surface area contributed by atoms with Crippen LogP contribution in [0.25, 0.3) is 11.1 Å². The Morgan fingerprint density at radius 1 is 0.759 bits per heavy atom. The van der Waals surface area contributed by atoms with E-state index in [0.29, 0.717) is 43.6 Å². The second kappa shape index (κ2) is 20.2. The summed E-state index contributed by atoms with van der Waals surface area (Å²) < 4.78 is 13.3. The lowest BCUT2D eigenvalue weighted by atomic mass is 9.97. The van der Waals surface area contributed by atoms with Crippen molar-refractivity contribution < 1.29 is 24.2 Å². The molecule has 2 fully saturated rings. The summed E-state index contributed by atoms with van der Waals surface area (Å²) in [6, 6.07) is 33.4. The first-order chi connectivity index (χ1) is 28.4. The van der Waals surface area contributed by atoms with E-state index >= 15 is 0 Å². The van der Waals surface area contributed by atoms with Crippen molar-refractivity contribution in [1.82, 2.24) is 20.2 Å². The number of para-hydroxylation sites is 2. The van der Waals surface area contributed by atoms with Crippen LogP contribution in [0.3, 0.4) is 0 Å². The number of nitrogens with one attached hydrogen (secondary N) is 2. The molecule has 0 bridgehead atoms. The first-order valence-corrected chi connectivity index (χ1v) is 20.3. The fraction of sp³-hybridized carbons (Fsp3) is 0.348. The Kier molecular flexibility index (Phi) is 14.1. The molecule has 3 atom stereocenters. The molecule has 12 nitrogen and oxygen atoms in total. The van der Waals surface area contributed by atoms with E-state index in [1.54, 1.807) is 24.5 Å². The first kappa shape index (κ1) is 40.5. The van der Waals surface area contributed by atoms with Gasteiger partial charge in [-0.2, -0.15) is 0 Å².